The van der Waals surface area contributed by atoms with Gasteiger partial charge in [0.2, 0.25) is 0 Å². The predicted octanol–water partition coefficient (Wildman–Crippen LogP) is 4.35. The Morgan fingerprint density at radius 2 is 1.59 bits per heavy atom. The van der Waals surface area contributed by atoms with Gasteiger partial charge in [-0.05, 0) is 41.1 Å². The van der Waals surface area contributed by atoms with Crippen molar-refractivity contribution in [2.24, 2.45) is 0 Å². The number of hydrogen-bond donors (Lipinski definition) is 1. The summed E-state index contributed by atoms with van der Waals surface area (Å²) in [5.41, 5.74) is 2.55. The number of amides is 1. The van der Waals surface area contributed by atoms with Crippen molar-refractivity contribution in [2.75, 3.05) is 13.2 Å². The first-order valence-electron chi connectivity index (χ1n) is 9.29. The summed E-state index contributed by atoms with van der Waals surface area (Å²) in [5, 5.41) is 4.40. The summed E-state index contributed by atoms with van der Waals surface area (Å²) < 4.78 is 5.07. The number of carbonyl (C=O) groups excluding carboxylic acids is 3. The van der Waals surface area contributed by atoms with Gasteiger partial charge in [0.25, 0.3) is 5.91 Å². The molecular formula is C23H21NO4S. The van der Waals surface area contributed by atoms with E-state index in [1.807, 2.05) is 53.9 Å². The molecule has 5 nitrogen and oxygen atoms in total. The lowest BCUT2D eigenvalue weighted by molar-refractivity contribution is -0.142. The molecule has 0 fully saturated rings. The van der Waals surface area contributed by atoms with Crippen molar-refractivity contribution >= 4 is 29.0 Å². The SMILES string of the molecule is O=C(CNC(=O)c1ccc(-c2ccccc2)cc1)OCCCC(=O)c1cccs1. The van der Waals surface area contributed by atoms with Crippen molar-refractivity contribution in [3.63, 3.8) is 0 Å². The van der Waals surface area contributed by atoms with E-state index in [4.69, 9.17) is 4.74 Å². The largest absolute Gasteiger partial charge is 0.464 e. The minimum absolute atomic E-state index is 0.0447. The Bertz CT molecular complexity index is 950. The maximum atomic E-state index is 12.2. The second-order valence-corrected chi connectivity index (χ2v) is 7.30. The zero-order chi connectivity index (χ0) is 20.5. The molecule has 1 heterocycles. The Morgan fingerprint density at radius 3 is 2.28 bits per heavy atom. The predicted molar refractivity (Wildman–Crippen MR) is 113 cm³/mol. The first kappa shape index (κ1) is 20.5. The molecule has 148 valence electrons. The molecule has 1 N–H and O–H groups in total. The van der Waals surface area contributed by atoms with E-state index in [1.54, 1.807) is 18.2 Å². The van der Waals surface area contributed by atoms with Gasteiger partial charge >= 0.3 is 5.97 Å². The maximum absolute atomic E-state index is 12.2. The second kappa shape index (κ2) is 10.3. The number of carbonyl (C=O) groups is 3. The number of ether oxygens (including phenoxy) is 1. The summed E-state index contributed by atoms with van der Waals surface area (Å²) in [6.45, 7) is -0.0598. The third kappa shape index (κ3) is 6.12. The lowest BCUT2D eigenvalue weighted by Crippen LogP contribution is -2.30. The second-order valence-electron chi connectivity index (χ2n) is 6.35. The summed E-state index contributed by atoms with van der Waals surface area (Å²) in [7, 11) is 0. The first-order valence-corrected chi connectivity index (χ1v) is 10.2. The number of benzene rings is 2. The van der Waals surface area contributed by atoms with Crippen LogP contribution in [0, 0.1) is 0 Å². The molecule has 0 aliphatic heterocycles. The first-order chi connectivity index (χ1) is 14.1. The Labute approximate surface area is 173 Å². The van der Waals surface area contributed by atoms with Crippen molar-refractivity contribution in [1.82, 2.24) is 5.32 Å². The minimum Gasteiger partial charge on any atom is -0.464 e. The highest BCUT2D eigenvalue weighted by Gasteiger charge is 2.10. The average Bonchev–Trinajstić information content (AvgIpc) is 3.31. The average molecular weight is 407 g/mol. The highest BCUT2D eigenvalue weighted by molar-refractivity contribution is 7.12. The van der Waals surface area contributed by atoms with Gasteiger partial charge < -0.3 is 10.1 Å². The summed E-state index contributed by atoms with van der Waals surface area (Å²) >= 11 is 1.40. The van der Waals surface area contributed by atoms with Gasteiger partial charge in [-0.15, -0.1) is 11.3 Å². The zero-order valence-electron chi connectivity index (χ0n) is 15.8. The van der Waals surface area contributed by atoms with E-state index in [9.17, 15) is 14.4 Å². The van der Waals surface area contributed by atoms with Gasteiger partial charge in [0, 0.05) is 12.0 Å². The van der Waals surface area contributed by atoms with Crippen LogP contribution in [0.5, 0.6) is 0 Å². The molecule has 0 radical (unpaired) electrons. The topological polar surface area (TPSA) is 72.5 Å². The normalized spacial score (nSPS) is 10.3. The molecule has 0 aliphatic rings. The van der Waals surface area contributed by atoms with Gasteiger partial charge in [-0.2, -0.15) is 0 Å². The Morgan fingerprint density at radius 1 is 0.862 bits per heavy atom. The summed E-state index contributed by atoms with van der Waals surface area (Å²) in [4.78, 5) is 36.5. The van der Waals surface area contributed by atoms with Crippen LogP contribution in [-0.4, -0.2) is 30.8 Å². The molecule has 1 amide bonds. The van der Waals surface area contributed by atoms with Gasteiger partial charge in [0.15, 0.2) is 5.78 Å². The Balaban J connectivity index is 1.37. The van der Waals surface area contributed by atoms with Crippen molar-refractivity contribution in [3.05, 3.63) is 82.6 Å². The van der Waals surface area contributed by atoms with Crippen LogP contribution in [0.4, 0.5) is 0 Å². The smallest absolute Gasteiger partial charge is 0.325 e. The summed E-state index contributed by atoms with van der Waals surface area (Å²) in [6.07, 6.45) is 0.783. The van der Waals surface area contributed by atoms with Crippen molar-refractivity contribution < 1.29 is 19.1 Å². The Hall–Kier alpha value is -3.25. The van der Waals surface area contributed by atoms with E-state index in [0.717, 1.165) is 11.1 Å². The molecule has 0 bridgehead atoms. The van der Waals surface area contributed by atoms with Crippen LogP contribution in [0.15, 0.2) is 72.1 Å². The number of Topliss-reactive ketones (excluding diaryl/α,β-unsaturated/α-hetero) is 1. The molecule has 0 atom stereocenters. The summed E-state index contributed by atoms with van der Waals surface area (Å²) in [5.74, 6) is -0.819. The molecule has 0 saturated carbocycles. The number of hydrogen-bond acceptors (Lipinski definition) is 5. The third-order valence-corrected chi connectivity index (χ3v) is 5.17. The van der Waals surface area contributed by atoms with E-state index in [1.165, 1.54) is 11.3 Å². The number of rotatable bonds is 9. The molecule has 3 aromatic rings. The highest BCUT2D eigenvalue weighted by Crippen LogP contribution is 2.19. The van der Waals surface area contributed by atoms with Gasteiger partial charge in [0.1, 0.15) is 6.54 Å². The molecule has 1 aromatic heterocycles. The van der Waals surface area contributed by atoms with E-state index in [-0.39, 0.29) is 24.8 Å². The zero-order valence-corrected chi connectivity index (χ0v) is 16.6. The van der Waals surface area contributed by atoms with E-state index < -0.39 is 5.97 Å². The fourth-order valence-electron chi connectivity index (χ4n) is 2.73. The number of esters is 1. The van der Waals surface area contributed by atoms with Gasteiger partial charge in [-0.1, -0.05) is 48.5 Å². The fraction of sp³-hybridized carbons (Fsp3) is 0.174. The van der Waals surface area contributed by atoms with Crippen LogP contribution < -0.4 is 5.32 Å². The molecule has 0 spiro atoms. The monoisotopic (exact) mass is 407 g/mol. The fourth-order valence-corrected chi connectivity index (χ4v) is 3.42. The highest BCUT2D eigenvalue weighted by atomic mass is 32.1. The summed E-state index contributed by atoms with van der Waals surface area (Å²) in [6, 6.07) is 20.7. The standard InChI is InChI=1S/C23H21NO4S/c25-20(21-9-5-15-29-21)8-4-14-28-22(26)16-24-23(27)19-12-10-18(11-13-19)17-6-2-1-3-7-17/h1-3,5-7,9-13,15H,4,8,14,16H2,(H,24,27). The van der Waals surface area contributed by atoms with E-state index in [2.05, 4.69) is 5.32 Å². The molecule has 2 aromatic carbocycles. The van der Waals surface area contributed by atoms with Crippen molar-refractivity contribution in [3.8, 4) is 11.1 Å². The molecule has 0 unspecified atom stereocenters. The molecule has 6 heteroatoms. The minimum atomic E-state index is -0.525. The van der Waals surface area contributed by atoms with E-state index >= 15 is 0 Å². The molecule has 0 aliphatic carbocycles. The lowest BCUT2D eigenvalue weighted by Gasteiger charge is -2.07. The Kier molecular flexibility index (Phi) is 7.30. The molecule has 3 rings (SSSR count). The lowest BCUT2D eigenvalue weighted by atomic mass is 10.0. The van der Waals surface area contributed by atoms with Crippen LogP contribution in [0.3, 0.4) is 0 Å². The van der Waals surface area contributed by atoms with Crippen LogP contribution >= 0.6 is 11.3 Å². The molecule has 0 saturated heterocycles. The van der Waals surface area contributed by atoms with Crippen LogP contribution in [-0.2, 0) is 9.53 Å². The molecular weight excluding hydrogens is 386 g/mol. The number of thiophene rings is 1. The van der Waals surface area contributed by atoms with Gasteiger partial charge in [-0.25, -0.2) is 0 Å². The van der Waals surface area contributed by atoms with Gasteiger partial charge in [-0.3, -0.25) is 14.4 Å². The molecule has 29 heavy (non-hydrogen) atoms. The van der Waals surface area contributed by atoms with Gasteiger partial charge in [0.05, 0.1) is 11.5 Å². The third-order valence-electron chi connectivity index (χ3n) is 4.25. The maximum Gasteiger partial charge on any atom is 0.325 e. The quantitative estimate of drug-likeness (QED) is 0.325. The number of nitrogens with one attached hydrogen (secondary N) is 1. The van der Waals surface area contributed by atoms with Crippen molar-refractivity contribution in [1.29, 1.82) is 0 Å². The van der Waals surface area contributed by atoms with Crippen LogP contribution in [0.25, 0.3) is 11.1 Å². The number of ketones is 1. The van der Waals surface area contributed by atoms with Crippen LogP contribution in [0.2, 0.25) is 0 Å². The van der Waals surface area contributed by atoms with Crippen molar-refractivity contribution in [2.45, 2.75) is 12.8 Å². The van der Waals surface area contributed by atoms with E-state index in [0.29, 0.717) is 23.3 Å². The van der Waals surface area contributed by atoms with Crippen LogP contribution in [0.1, 0.15) is 32.9 Å².